The number of urea groups is 1. The molecule has 1 aliphatic rings. The number of carboxylic acids is 1. The Morgan fingerprint density at radius 1 is 1.22 bits per heavy atom. The molecule has 0 bridgehead atoms. The summed E-state index contributed by atoms with van der Waals surface area (Å²) in [5.74, 6) is -1.36. The summed E-state index contributed by atoms with van der Waals surface area (Å²) in [4.78, 5) is 39.4. The molecule has 0 spiro atoms. The molecule has 0 saturated carbocycles. The normalized spacial score (nSPS) is 15.8. The zero-order valence-corrected chi connectivity index (χ0v) is 16.0. The summed E-state index contributed by atoms with van der Waals surface area (Å²) in [6.07, 6.45) is 2.15. The molecule has 0 unspecified atom stereocenters. The highest BCUT2D eigenvalue weighted by atomic mass is 16.5. The molecule has 2 amide bonds. The number of rotatable bonds is 8. The molecule has 0 fully saturated rings. The molecule has 27 heavy (non-hydrogen) atoms. The zero-order chi connectivity index (χ0) is 19.8. The third-order valence-electron chi connectivity index (χ3n) is 4.78. The number of nitrogens with zero attached hydrogens (tertiary/aromatic N) is 2. The van der Waals surface area contributed by atoms with Gasteiger partial charge in [0.25, 0.3) is 0 Å². The lowest BCUT2D eigenvalue weighted by Gasteiger charge is -2.37. The van der Waals surface area contributed by atoms with Crippen LogP contribution in [0.15, 0.2) is 24.3 Å². The number of unbranched alkanes of at least 4 members (excludes halogenated alkanes) is 1. The van der Waals surface area contributed by atoms with E-state index in [2.05, 4.69) is 0 Å². The maximum absolute atomic E-state index is 13.0. The number of esters is 1. The van der Waals surface area contributed by atoms with Gasteiger partial charge in [0.05, 0.1) is 13.0 Å². The van der Waals surface area contributed by atoms with Crippen LogP contribution in [-0.2, 0) is 27.3 Å². The van der Waals surface area contributed by atoms with E-state index in [1.807, 2.05) is 38.1 Å². The molecule has 148 valence electrons. The predicted molar refractivity (Wildman–Crippen MR) is 100 cm³/mol. The second-order valence-electron chi connectivity index (χ2n) is 6.64. The van der Waals surface area contributed by atoms with E-state index in [1.54, 1.807) is 0 Å². The molecule has 2 rings (SSSR count). The van der Waals surface area contributed by atoms with Crippen molar-refractivity contribution in [3.63, 3.8) is 0 Å². The first-order chi connectivity index (χ1) is 13.0. The lowest BCUT2D eigenvalue weighted by molar-refractivity contribution is -0.145. The quantitative estimate of drug-likeness (QED) is 0.557. The molecule has 1 atom stereocenters. The smallest absolute Gasteiger partial charge is 0.326 e. The lowest BCUT2D eigenvalue weighted by Crippen LogP contribution is -2.53. The molecule has 1 aromatic carbocycles. The van der Waals surface area contributed by atoms with Crippen molar-refractivity contribution in [3.8, 4) is 0 Å². The van der Waals surface area contributed by atoms with E-state index in [4.69, 9.17) is 4.74 Å². The molecule has 1 N–H and O–H groups in total. The highest BCUT2D eigenvalue weighted by Gasteiger charge is 2.36. The average Bonchev–Trinajstić information content (AvgIpc) is 2.67. The van der Waals surface area contributed by atoms with Crippen LogP contribution in [0.1, 0.15) is 44.2 Å². The third kappa shape index (κ3) is 5.45. The molecule has 7 nitrogen and oxygen atoms in total. The van der Waals surface area contributed by atoms with Gasteiger partial charge in [-0.3, -0.25) is 4.79 Å². The van der Waals surface area contributed by atoms with Crippen LogP contribution in [-0.4, -0.2) is 58.6 Å². The largest absolute Gasteiger partial charge is 0.480 e. The van der Waals surface area contributed by atoms with E-state index >= 15 is 0 Å². The number of carbonyl (C=O) groups excluding carboxylic acids is 2. The Morgan fingerprint density at radius 3 is 2.56 bits per heavy atom. The van der Waals surface area contributed by atoms with Gasteiger partial charge in [0.15, 0.2) is 0 Å². The number of amides is 2. The summed E-state index contributed by atoms with van der Waals surface area (Å²) >= 11 is 0. The van der Waals surface area contributed by atoms with Crippen molar-refractivity contribution in [2.24, 2.45) is 0 Å². The van der Waals surface area contributed by atoms with Gasteiger partial charge in [-0.1, -0.05) is 37.6 Å². The highest BCUT2D eigenvalue weighted by molar-refractivity contribution is 5.84. The number of benzene rings is 1. The minimum absolute atomic E-state index is 0.103. The number of ether oxygens (including phenoxy) is 1. The maximum atomic E-state index is 13.0. The van der Waals surface area contributed by atoms with Crippen molar-refractivity contribution in [3.05, 3.63) is 35.4 Å². The molecule has 0 aliphatic carbocycles. The second-order valence-corrected chi connectivity index (χ2v) is 6.64. The molecule has 1 aliphatic heterocycles. The standard InChI is InChI=1S/C20H28N2O5/c1-3-5-12-27-18(23)10-11-21(4-2)20(26)22-14-16-9-7-6-8-15(16)13-17(22)19(24)25/h6-9,17H,3-5,10-14H2,1-2H3,(H,24,25)/t17-/m0/s1. The number of hydrogen-bond acceptors (Lipinski definition) is 4. The average molecular weight is 376 g/mol. The van der Waals surface area contributed by atoms with E-state index < -0.39 is 12.0 Å². The van der Waals surface area contributed by atoms with Crippen LogP contribution in [0.3, 0.4) is 0 Å². The molecule has 7 heteroatoms. The highest BCUT2D eigenvalue weighted by Crippen LogP contribution is 2.24. The third-order valence-corrected chi connectivity index (χ3v) is 4.78. The number of fused-ring (bicyclic) bond motifs is 1. The zero-order valence-electron chi connectivity index (χ0n) is 16.0. The van der Waals surface area contributed by atoms with Gasteiger partial charge in [-0.2, -0.15) is 0 Å². The first kappa shape index (κ1) is 20.7. The van der Waals surface area contributed by atoms with Crippen LogP contribution in [0, 0.1) is 0 Å². The van der Waals surface area contributed by atoms with Crippen LogP contribution in [0.5, 0.6) is 0 Å². The first-order valence-electron chi connectivity index (χ1n) is 9.48. The van der Waals surface area contributed by atoms with E-state index in [0.717, 1.165) is 24.0 Å². The van der Waals surface area contributed by atoms with Gasteiger partial charge in [0.2, 0.25) is 0 Å². The Hall–Kier alpha value is -2.57. The van der Waals surface area contributed by atoms with Gasteiger partial charge < -0.3 is 19.6 Å². The van der Waals surface area contributed by atoms with E-state index in [1.165, 1.54) is 9.80 Å². The van der Waals surface area contributed by atoms with Crippen molar-refractivity contribution in [2.45, 2.75) is 52.1 Å². The Labute approximate surface area is 159 Å². The summed E-state index contributed by atoms with van der Waals surface area (Å²) in [5, 5.41) is 9.59. The molecular weight excluding hydrogens is 348 g/mol. The van der Waals surface area contributed by atoms with Crippen molar-refractivity contribution >= 4 is 18.0 Å². The van der Waals surface area contributed by atoms with Crippen LogP contribution in [0.25, 0.3) is 0 Å². The first-order valence-corrected chi connectivity index (χ1v) is 9.48. The number of aliphatic carboxylic acids is 1. The summed E-state index contributed by atoms with van der Waals surface area (Å²) in [6.45, 7) is 5.08. The van der Waals surface area contributed by atoms with E-state index in [0.29, 0.717) is 13.2 Å². The van der Waals surface area contributed by atoms with Crippen molar-refractivity contribution in [2.75, 3.05) is 19.7 Å². The van der Waals surface area contributed by atoms with Gasteiger partial charge >= 0.3 is 18.0 Å². The fourth-order valence-electron chi connectivity index (χ4n) is 3.14. The summed E-state index contributed by atoms with van der Waals surface area (Å²) in [5.41, 5.74) is 1.91. The minimum atomic E-state index is -1.02. The fraction of sp³-hybridized carbons (Fsp3) is 0.550. The number of hydrogen-bond donors (Lipinski definition) is 1. The second kappa shape index (κ2) is 9.94. The Balaban J connectivity index is 2.03. The van der Waals surface area contributed by atoms with Crippen molar-refractivity contribution in [1.82, 2.24) is 9.80 Å². The molecule has 1 heterocycles. The van der Waals surface area contributed by atoms with Crippen LogP contribution in [0.4, 0.5) is 4.79 Å². The van der Waals surface area contributed by atoms with Gasteiger partial charge in [-0.15, -0.1) is 0 Å². The minimum Gasteiger partial charge on any atom is -0.480 e. The van der Waals surface area contributed by atoms with Crippen LogP contribution in [0.2, 0.25) is 0 Å². The Morgan fingerprint density at radius 2 is 1.93 bits per heavy atom. The van der Waals surface area contributed by atoms with Gasteiger partial charge in [0, 0.05) is 26.1 Å². The summed E-state index contributed by atoms with van der Waals surface area (Å²) in [7, 11) is 0. The molecule has 0 radical (unpaired) electrons. The van der Waals surface area contributed by atoms with Gasteiger partial charge in [-0.05, 0) is 24.5 Å². The molecule has 1 aromatic rings. The van der Waals surface area contributed by atoms with Crippen LogP contribution < -0.4 is 0 Å². The number of carbonyl (C=O) groups is 3. The lowest BCUT2D eigenvalue weighted by atomic mass is 9.94. The predicted octanol–water partition coefficient (Wildman–Crippen LogP) is 2.67. The summed E-state index contributed by atoms with van der Waals surface area (Å²) < 4.78 is 5.12. The topological polar surface area (TPSA) is 87.2 Å². The monoisotopic (exact) mass is 376 g/mol. The van der Waals surface area contributed by atoms with Crippen molar-refractivity contribution in [1.29, 1.82) is 0 Å². The Bertz CT molecular complexity index is 676. The molecule has 0 saturated heterocycles. The van der Waals surface area contributed by atoms with E-state index in [9.17, 15) is 19.5 Å². The SMILES string of the molecule is CCCCOC(=O)CCN(CC)C(=O)N1Cc2ccccc2C[C@H]1C(=O)O. The van der Waals surface area contributed by atoms with Crippen molar-refractivity contribution < 1.29 is 24.2 Å². The molecular formula is C20H28N2O5. The maximum Gasteiger partial charge on any atom is 0.326 e. The van der Waals surface area contributed by atoms with Gasteiger partial charge in [-0.25, -0.2) is 9.59 Å². The Kier molecular flexibility index (Phi) is 7.64. The summed E-state index contributed by atoms with van der Waals surface area (Å²) in [6, 6.07) is 6.30. The van der Waals surface area contributed by atoms with E-state index in [-0.39, 0.29) is 37.9 Å². The van der Waals surface area contributed by atoms with Crippen LogP contribution >= 0.6 is 0 Å². The number of carboxylic acid groups (broad SMARTS) is 1. The fourth-order valence-corrected chi connectivity index (χ4v) is 3.14. The van der Waals surface area contributed by atoms with Gasteiger partial charge in [0.1, 0.15) is 6.04 Å². The molecule has 0 aromatic heterocycles.